The summed E-state index contributed by atoms with van der Waals surface area (Å²) in [6, 6.07) is 13.0. The molecule has 2 N–H and O–H groups in total. The molecule has 0 unspecified atom stereocenters. The van der Waals surface area contributed by atoms with Crippen LogP contribution in [-0.4, -0.2) is 22.8 Å². The van der Waals surface area contributed by atoms with Crippen molar-refractivity contribution in [2.24, 2.45) is 0 Å². The topological polar surface area (TPSA) is 58.9 Å². The van der Waals surface area contributed by atoms with Gasteiger partial charge in [0.2, 0.25) is 0 Å². The molecule has 2 aromatic rings. The number of aliphatic hydroxyl groups is 2. The van der Waals surface area contributed by atoms with Crippen LogP contribution in [-0.2, 0) is 11.2 Å². The Kier molecular flexibility index (Phi) is 6.07. The first kappa shape index (κ1) is 17.8. The van der Waals surface area contributed by atoms with Crippen molar-refractivity contribution in [3.8, 4) is 5.75 Å². The smallest absolute Gasteiger partial charge is 0.357 e. The Morgan fingerprint density at radius 3 is 2.52 bits per heavy atom. The molecule has 6 heteroatoms. The second kappa shape index (κ2) is 7.84. The highest BCUT2D eigenvalue weighted by Crippen LogP contribution is 2.24. The van der Waals surface area contributed by atoms with Crippen LogP contribution in [0.4, 0.5) is 0 Å². The maximum Gasteiger partial charge on any atom is 0.357 e. The Bertz CT molecular complexity index is 671. The lowest BCUT2D eigenvalue weighted by Gasteiger charge is -2.20. The van der Waals surface area contributed by atoms with Crippen LogP contribution in [0.15, 0.2) is 59.8 Å². The lowest BCUT2D eigenvalue weighted by Crippen LogP contribution is -2.37. The molecule has 23 heavy (non-hydrogen) atoms. The molecule has 0 saturated heterocycles. The summed E-state index contributed by atoms with van der Waals surface area (Å²) < 4.78 is 10.7. The van der Waals surface area contributed by atoms with Gasteiger partial charge >= 0.3 is 5.97 Å². The number of halogens is 2. The Morgan fingerprint density at radius 2 is 1.87 bits per heavy atom. The minimum atomic E-state index is -2.40. The molecule has 122 valence electrons. The molecule has 0 spiro atoms. The molecule has 4 nitrogen and oxygen atoms in total. The van der Waals surface area contributed by atoms with Gasteiger partial charge in [-0.15, -0.1) is 0 Å². The molecule has 0 atom stereocenters. The summed E-state index contributed by atoms with van der Waals surface area (Å²) >= 11 is 9.61. The van der Waals surface area contributed by atoms with E-state index in [9.17, 15) is 10.2 Å². The quantitative estimate of drug-likeness (QED) is 0.548. The lowest BCUT2D eigenvalue weighted by atomic mass is 10.1. The van der Waals surface area contributed by atoms with Crippen LogP contribution in [0.1, 0.15) is 11.1 Å². The summed E-state index contributed by atoms with van der Waals surface area (Å²) in [5.74, 6) is -1.90. The van der Waals surface area contributed by atoms with E-state index >= 15 is 0 Å². The standard InChI is InChI=1S/C17H16BrClO4/c1-2-23-17(20,21)11-22-15-6-3-12(4-7-15)9-13-10-14(18)5-8-16(13)19/h2-8,10,20-21H,1,9,11H2. The van der Waals surface area contributed by atoms with E-state index in [-0.39, 0.29) is 0 Å². The molecule has 0 aliphatic carbocycles. The van der Waals surface area contributed by atoms with Gasteiger partial charge in [0.1, 0.15) is 5.75 Å². The second-order valence-corrected chi connectivity index (χ2v) is 6.20. The van der Waals surface area contributed by atoms with Gasteiger partial charge in [-0.2, -0.15) is 0 Å². The molecule has 0 bridgehead atoms. The zero-order valence-electron chi connectivity index (χ0n) is 12.2. The fraction of sp³-hybridized carbons (Fsp3) is 0.176. The van der Waals surface area contributed by atoms with Gasteiger partial charge < -0.3 is 19.7 Å². The summed E-state index contributed by atoms with van der Waals surface area (Å²) in [6.07, 6.45) is 1.62. The van der Waals surface area contributed by atoms with Gasteiger partial charge in [0.05, 0.1) is 6.26 Å². The molecule has 0 radical (unpaired) electrons. The van der Waals surface area contributed by atoms with E-state index in [1.807, 2.05) is 30.3 Å². The number of hydrogen-bond donors (Lipinski definition) is 2. The Hall–Kier alpha value is -1.53. The zero-order chi connectivity index (χ0) is 16.9. The molecular weight excluding hydrogens is 384 g/mol. The number of hydrogen-bond acceptors (Lipinski definition) is 4. The third-order valence-corrected chi connectivity index (χ3v) is 3.89. The minimum Gasteiger partial charge on any atom is -0.484 e. The molecule has 2 rings (SSSR count). The van der Waals surface area contributed by atoms with Crippen molar-refractivity contribution >= 4 is 27.5 Å². The SMILES string of the molecule is C=COC(O)(O)COc1ccc(Cc2cc(Br)ccc2Cl)cc1. The molecule has 0 saturated carbocycles. The van der Waals surface area contributed by atoms with Crippen LogP contribution < -0.4 is 4.74 Å². The monoisotopic (exact) mass is 398 g/mol. The third-order valence-electron chi connectivity index (χ3n) is 3.02. The zero-order valence-corrected chi connectivity index (χ0v) is 14.5. The van der Waals surface area contributed by atoms with Crippen molar-refractivity contribution in [3.63, 3.8) is 0 Å². The molecule has 0 aliphatic heterocycles. The van der Waals surface area contributed by atoms with Crippen molar-refractivity contribution in [2.45, 2.75) is 12.4 Å². The molecule has 0 amide bonds. The highest BCUT2D eigenvalue weighted by atomic mass is 79.9. The van der Waals surface area contributed by atoms with E-state index in [1.165, 1.54) is 0 Å². The summed E-state index contributed by atoms with van der Waals surface area (Å²) in [4.78, 5) is 0. The van der Waals surface area contributed by atoms with E-state index in [0.29, 0.717) is 17.2 Å². The Labute approximate surface area is 148 Å². The van der Waals surface area contributed by atoms with Crippen LogP contribution in [0.3, 0.4) is 0 Å². The second-order valence-electron chi connectivity index (χ2n) is 4.87. The predicted octanol–water partition coefficient (Wildman–Crippen LogP) is 3.87. The van der Waals surface area contributed by atoms with E-state index < -0.39 is 12.6 Å². The van der Waals surface area contributed by atoms with Crippen molar-refractivity contribution in [2.75, 3.05) is 6.61 Å². The van der Waals surface area contributed by atoms with Crippen LogP contribution >= 0.6 is 27.5 Å². The van der Waals surface area contributed by atoms with Crippen LogP contribution in [0.5, 0.6) is 5.75 Å². The molecule has 0 fully saturated rings. The maximum atomic E-state index is 9.40. The first-order valence-corrected chi connectivity index (χ1v) is 7.96. The van der Waals surface area contributed by atoms with Crippen molar-refractivity contribution in [3.05, 3.63) is 75.9 Å². The maximum absolute atomic E-state index is 9.40. The van der Waals surface area contributed by atoms with Gasteiger partial charge in [-0.25, -0.2) is 0 Å². The van der Waals surface area contributed by atoms with E-state index in [1.54, 1.807) is 12.1 Å². The molecule has 0 heterocycles. The molecular formula is C17H16BrClO4. The molecule has 2 aromatic carbocycles. The molecule has 0 aliphatic rings. The number of benzene rings is 2. The van der Waals surface area contributed by atoms with Gasteiger partial charge in [0, 0.05) is 9.50 Å². The van der Waals surface area contributed by atoms with Crippen molar-refractivity contribution < 1.29 is 19.7 Å². The van der Waals surface area contributed by atoms with E-state index in [4.69, 9.17) is 16.3 Å². The largest absolute Gasteiger partial charge is 0.484 e. The minimum absolute atomic E-state index is 0.435. The normalized spacial score (nSPS) is 11.1. The number of ether oxygens (including phenoxy) is 2. The fourth-order valence-corrected chi connectivity index (χ4v) is 2.54. The van der Waals surface area contributed by atoms with Gasteiger partial charge in [-0.05, 0) is 47.9 Å². The summed E-state index contributed by atoms with van der Waals surface area (Å²) in [7, 11) is 0. The summed E-state index contributed by atoms with van der Waals surface area (Å²) in [5, 5.41) is 19.5. The van der Waals surface area contributed by atoms with Gasteiger partial charge in [-0.3, -0.25) is 0 Å². The predicted molar refractivity (Wildman–Crippen MR) is 92.3 cm³/mol. The van der Waals surface area contributed by atoms with Crippen LogP contribution in [0, 0.1) is 0 Å². The lowest BCUT2D eigenvalue weighted by molar-refractivity contribution is -0.324. The van der Waals surface area contributed by atoms with Crippen molar-refractivity contribution in [1.29, 1.82) is 0 Å². The molecule has 0 aromatic heterocycles. The Morgan fingerprint density at radius 1 is 1.17 bits per heavy atom. The van der Waals surface area contributed by atoms with Gasteiger partial charge in [0.25, 0.3) is 0 Å². The van der Waals surface area contributed by atoms with Crippen molar-refractivity contribution in [1.82, 2.24) is 0 Å². The van der Waals surface area contributed by atoms with Gasteiger partial charge in [0.15, 0.2) is 6.61 Å². The van der Waals surface area contributed by atoms with Crippen LogP contribution in [0.25, 0.3) is 0 Å². The fourth-order valence-electron chi connectivity index (χ4n) is 1.95. The van der Waals surface area contributed by atoms with E-state index in [0.717, 1.165) is 21.9 Å². The third kappa shape index (κ3) is 5.55. The Balaban J connectivity index is 1.99. The first-order chi connectivity index (χ1) is 10.9. The van der Waals surface area contributed by atoms with Crippen LogP contribution in [0.2, 0.25) is 5.02 Å². The summed E-state index contributed by atoms with van der Waals surface area (Å²) in [6.45, 7) is 2.82. The number of rotatable bonds is 7. The summed E-state index contributed by atoms with van der Waals surface area (Å²) in [5.41, 5.74) is 2.07. The van der Waals surface area contributed by atoms with E-state index in [2.05, 4.69) is 27.2 Å². The van der Waals surface area contributed by atoms with Gasteiger partial charge in [-0.1, -0.05) is 46.2 Å². The highest BCUT2D eigenvalue weighted by Gasteiger charge is 2.24. The first-order valence-electron chi connectivity index (χ1n) is 6.79. The average molecular weight is 400 g/mol. The highest BCUT2D eigenvalue weighted by molar-refractivity contribution is 9.10. The average Bonchev–Trinajstić information content (AvgIpc) is 2.50.